The molecule has 4 rings (SSSR count). The number of amides is 1. The average Bonchev–Trinajstić information content (AvgIpc) is 3.63. The van der Waals surface area contributed by atoms with Gasteiger partial charge in [0.2, 0.25) is 0 Å². The van der Waals surface area contributed by atoms with Crippen molar-refractivity contribution in [3.05, 3.63) is 88.9 Å². The summed E-state index contributed by atoms with van der Waals surface area (Å²) in [6.45, 7) is 0.467. The Bertz CT molecular complexity index is 1230. The molecule has 32 heavy (non-hydrogen) atoms. The van der Waals surface area contributed by atoms with Crippen molar-refractivity contribution in [2.75, 3.05) is 11.8 Å². The molecule has 0 aromatic heterocycles. The Hall–Kier alpha value is -3.03. The summed E-state index contributed by atoms with van der Waals surface area (Å²) in [6, 6.07) is 20.9. The molecule has 3 aromatic rings. The van der Waals surface area contributed by atoms with Crippen molar-refractivity contribution in [3.8, 4) is 5.75 Å². The van der Waals surface area contributed by atoms with Crippen LogP contribution in [0.4, 0.5) is 5.69 Å². The highest BCUT2D eigenvalue weighted by atomic mass is 35.5. The van der Waals surface area contributed by atoms with Crippen LogP contribution in [0.2, 0.25) is 5.02 Å². The summed E-state index contributed by atoms with van der Waals surface area (Å²) in [5.41, 5.74) is 1.58. The first-order valence-corrected chi connectivity index (χ1v) is 12.1. The molecule has 3 aromatic carbocycles. The summed E-state index contributed by atoms with van der Waals surface area (Å²) >= 11 is 6.23. The zero-order chi connectivity index (χ0) is 22.7. The lowest BCUT2D eigenvalue weighted by Crippen LogP contribution is -2.32. The number of carbonyl (C=O) groups is 1. The Morgan fingerprint density at radius 3 is 2.44 bits per heavy atom. The number of methoxy groups -OCH3 is 1. The second kappa shape index (κ2) is 9.22. The normalized spacial score (nSPS) is 13.4. The molecule has 0 unspecified atom stereocenters. The quantitative estimate of drug-likeness (QED) is 0.505. The first-order valence-electron chi connectivity index (χ1n) is 10.2. The fraction of sp³-hybridized carbons (Fsp3) is 0.208. The molecule has 0 heterocycles. The van der Waals surface area contributed by atoms with Gasteiger partial charge in [0, 0.05) is 18.2 Å². The number of rotatable bonds is 8. The topological polar surface area (TPSA) is 75.7 Å². The predicted molar refractivity (Wildman–Crippen MR) is 125 cm³/mol. The molecule has 1 aliphatic carbocycles. The number of benzene rings is 3. The second-order valence-corrected chi connectivity index (χ2v) is 9.66. The largest absolute Gasteiger partial charge is 0.495 e. The summed E-state index contributed by atoms with van der Waals surface area (Å²) in [5, 5.41) is 0.0324. The lowest BCUT2D eigenvalue weighted by Gasteiger charge is -2.23. The number of halogens is 1. The summed E-state index contributed by atoms with van der Waals surface area (Å²) in [6.07, 6.45) is 1.87. The van der Waals surface area contributed by atoms with Gasteiger partial charge in [-0.05, 0) is 48.7 Å². The van der Waals surface area contributed by atoms with Gasteiger partial charge in [-0.25, -0.2) is 8.42 Å². The third-order valence-electron chi connectivity index (χ3n) is 5.26. The van der Waals surface area contributed by atoms with E-state index in [2.05, 4.69) is 4.72 Å². The highest BCUT2D eigenvalue weighted by Gasteiger charge is 2.33. The second-order valence-electron chi connectivity index (χ2n) is 7.60. The average molecular weight is 471 g/mol. The lowest BCUT2D eigenvalue weighted by atomic mass is 10.1. The Labute approximate surface area is 192 Å². The van der Waals surface area contributed by atoms with Gasteiger partial charge < -0.3 is 9.64 Å². The molecule has 6 nitrogen and oxygen atoms in total. The van der Waals surface area contributed by atoms with Gasteiger partial charge in [-0.15, -0.1) is 0 Å². The van der Waals surface area contributed by atoms with Gasteiger partial charge >= 0.3 is 0 Å². The number of sulfonamides is 1. The zero-order valence-corrected chi connectivity index (χ0v) is 19.1. The standard InChI is InChI=1S/C24H23ClN2O4S/c1-31-22-10-6-5-9-21(22)26-32(29,30)23-15-18(11-14-20(23)25)24(28)27(19-12-13-19)16-17-7-3-2-4-8-17/h2-11,14-15,19,26H,12-13,16H2,1H3. The van der Waals surface area contributed by atoms with Crippen molar-refractivity contribution in [1.82, 2.24) is 4.90 Å². The van der Waals surface area contributed by atoms with E-state index in [-0.39, 0.29) is 33.1 Å². The molecule has 0 atom stereocenters. The van der Waals surface area contributed by atoms with Crippen molar-refractivity contribution in [3.63, 3.8) is 0 Å². The molecule has 166 valence electrons. The molecule has 0 radical (unpaired) electrons. The molecule has 0 bridgehead atoms. The summed E-state index contributed by atoms with van der Waals surface area (Å²) in [5.74, 6) is 0.156. The molecule has 1 saturated carbocycles. The van der Waals surface area contributed by atoms with Crippen LogP contribution in [0.3, 0.4) is 0 Å². The maximum absolute atomic E-state index is 13.3. The number of nitrogens with zero attached hydrogens (tertiary/aromatic N) is 1. The van der Waals surface area contributed by atoms with Crippen LogP contribution in [0.15, 0.2) is 77.7 Å². The number of hydrogen-bond acceptors (Lipinski definition) is 4. The maximum atomic E-state index is 13.3. The van der Waals surface area contributed by atoms with Crippen LogP contribution in [-0.4, -0.2) is 32.4 Å². The molecule has 1 fully saturated rings. The van der Waals surface area contributed by atoms with E-state index < -0.39 is 10.0 Å². The van der Waals surface area contributed by atoms with E-state index >= 15 is 0 Å². The van der Waals surface area contributed by atoms with Gasteiger partial charge in [0.25, 0.3) is 15.9 Å². The van der Waals surface area contributed by atoms with Gasteiger partial charge in [-0.1, -0.05) is 54.1 Å². The third-order valence-corrected chi connectivity index (χ3v) is 7.11. The minimum Gasteiger partial charge on any atom is -0.495 e. The van der Waals surface area contributed by atoms with Crippen molar-refractivity contribution in [1.29, 1.82) is 0 Å². The van der Waals surface area contributed by atoms with Crippen LogP contribution >= 0.6 is 11.6 Å². The Morgan fingerprint density at radius 2 is 1.75 bits per heavy atom. The Morgan fingerprint density at radius 1 is 1.06 bits per heavy atom. The highest BCUT2D eigenvalue weighted by Crippen LogP contribution is 2.32. The first kappa shape index (κ1) is 22.2. The van der Waals surface area contributed by atoms with Crippen LogP contribution in [0, 0.1) is 0 Å². The van der Waals surface area contributed by atoms with E-state index in [1.807, 2.05) is 30.3 Å². The van der Waals surface area contributed by atoms with E-state index in [9.17, 15) is 13.2 Å². The number of ether oxygens (including phenoxy) is 1. The predicted octanol–water partition coefficient (Wildman–Crippen LogP) is 4.95. The van der Waals surface area contributed by atoms with Crippen molar-refractivity contribution in [2.45, 2.75) is 30.3 Å². The molecular formula is C24H23ClN2O4S. The van der Waals surface area contributed by atoms with Crippen LogP contribution < -0.4 is 9.46 Å². The highest BCUT2D eigenvalue weighted by molar-refractivity contribution is 7.92. The van der Waals surface area contributed by atoms with Gasteiger partial charge in [0.05, 0.1) is 17.8 Å². The van der Waals surface area contributed by atoms with Gasteiger partial charge in [-0.3, -0.25) is 9.52 Å². The smallest absolute Gasteiger partial charge is 0.263 e. The SMILES string of the molecule is COc1ccccc1NS(=O)(=O)c1cc(C(=O)N(Cc2ccccc2)C2CC2)ccc1Cl. The zero-order valence-electron chi connectivity index (χ0n) is 17.5. The molecule has 1 aliphatic rings. The third kappa shape index (κ3) is 4.89. The van der Waals surface area contributed by atoms with Gasteiger partial charge in [0.1, 0.15) is 10.6 Å². The van der Waals surface area contributed by atoms with E-state index in [0.29, 0.717) is 12.3 Å². The molecule has 1 amide bonds. The van der Waals surface area contributed by atoms with Crippen molar-refractivity contribution < 1.29 is 17.9 Å². The molecular weight excluding hydrogens is 448 g/mol. The summed E-state index contributed by atoms with van der Waals surface area (Å²) in [7, 11) is -2.60. The molecule has 8 heteroatoms. The summed E-state index contributed by atoms with van der Waals surface area (Å²) in [4.78, 5) is 15.0. The minimum atomic E-state index is -4.05. The van der Waals surface area contributed by atoms with Crippen LogP contribution in [0.1, 0.15) is 28.8 Å². The van der Waals surface area contributed by atoms with Crippen LogP contribution in [0.25, 0.3) is 0 Å². The molecule has 0 spiro atoms. The monoisotopic (exact) mass is 470 g/mol. The Kier molecular flexibility index (Phi) is 6.39. The van der Waals surface area contributed by atoms with E-state index in [1.165, 1.54) is 19.2 Å². The number of hydrogen-bond donors (Lipinski definition) is 1. The van der Waals surface area contributed by atoms with Crippen LogP contribution in [0.5, 0.6) is 5.75 Å². The van der Waals surface area contributed by atoms with E-state index in [0.717, 1.165) is 18.4 Å². The van der Waals surface area contributed by atoms with E-state index in [4.69, 9.17) is 16.3 Å². The first-order chi connectivity index (χ1) is 15.4. The summed E-state index contributed by atoms with van der Waals surface area (Å²) < 4.78 is 33.9. The number of para-hydroxylation sites is 2. The maximum Gasteiger partial charge on any atom is 0.263 e. The number of carbonyl (C=O) groups excluding carboxylic acids is 1. The number of anilines is 1. The van der Waals surface area contributed by atoms with Crippen molar-refractivity contribution in [2.24, 2.45) is 0 Å². The fourth-order valence-corrected chi connectivity index (χ4v) is 5.07. The molecule has 0 aliphatic heterocycles. The van der Waals surface area contributed by atoms with E-state index in [1.54, 1.807) is 35.2 Å². The van der Waals surface area contributed by atoms with Gasteiger partial charge in [0.15, 0.2) is 0 Å². The molecule has 0 saturated heterocycles. The number of nitrogens with one attached hydrogen (secondary N) is 1. The van der Waals surface area contributed by atoms with Crippen molar-refractivity contribution >= 4 is 33.2 Å². The van der Waals surface area contributed by atoms with Gasteiger partial charge in [-0.2, -0.15) is 0 Å². The minimum absolute atomic E-state index is 0.0324. The fourth-order valence-electron chi connectivity index (χ4n) is 3.47. The molecule has 1 N–H and O–H groups in total. The Balaban J connectivity index is 1.63. The lowest BCUT2D eigenvalue weighted by molar-refractivity contribution is 0.0729. The van der Waals surface area contributed by atoms with Crippen LogP contribution in [-0.2, 0) is 16.6 Å².